The summed E-state index contributed by atoms with van der Waals surface area (Å²) >= 11 is 1.67. The number of benzene rings is 2. The highest BCUT2D eigenvalue weighted by atomic mass is 32.1. The Kier molecular flexibility index (Phi) is 2.02. The number of para-hydroxylation sites is 2. The molecule has 0 atom stereocenters. The highest BCUT2D eigenvalue weighted by Crippen LogP contribution is 2.26. The Morgan fingerprint density at radius 1 is 1.00 bits per heavy atom. The number of hydrogen-bond acceptors (Lipinski definition) is 2. The summed E-state index contributed by atoms with van der Waals surface area (Å²) in [6.07, 6.45) is 0. The number of hydrogen-bond donors (Lipinski definition) is 0. The molecule has 2 aromatic carbocycles. The maximum atomic E-state index is 9.02. The van der Waals surface area contributed by atoms with E-state index in [1.54, 1.807) is 17.4 Å². The van der Waals surface area contributed by atoms with Crippen LogP contribution in [0.3, 0.4) is 0 Å². The molecule has 0 fully saturated rings. The first-order chi connectivity index (χ1) is 7.88. The van der Waals surface area contributed by atoms with Crippen LogP contribution in [0.2, 0.25) is 0 Å². The topological polar surface area (TPSA) is 36.7 Å². The molecule has 0 unspecified atom stereocenters. The summed E-state index contributed by atoms with van der Waals surface area (Å²) in [6.45, 7) is 0. The van der Waals surface area contributed by atoms with Crippen molar-refractivity contribution in [1.82, 2.24) is 4.98 Å². The van der Waals surface area contributed by atoms with Crippen molar-refractivity contribution < 1.29 is 0 Å². The van der Waals surface area contributed by atoms with E-state index < -0.39 is 0 Å². The molecule has 0 aliphatic heterocycles. The highest BCUT2D eigenvalue weighted by Gasteiger charge is 2.13. The maximum absolute atomic E-state index is 9.02. The van der Waals surface area contributed by atoms with Gasteiger partial charge in [-0.05, 0) is 12.1 Å². The van der Waals surface area contributed by atoms with E-state index in [4.69, 9.17) is 5.26 Å². The smallest absolute Gasteiger partial charge is 0.236 e. The first-order valence-electron chi connectivity index (χ1n) is 4.90. The molecule has 16 heavy (non-hydrogen) atoms. The van der Waals surface area contributed by atoms with Crippen molar-refractivity contribution in [3.05, 3.63) is 48.0 Å². The lowest BCUT2D eigenvalue weighted by molar-refractivity contribution is 1.46. The van der Waals surface area contributed by atoms with Crippen LogP contribution >= 0.6 is 11.3 Å². The van der Waals surface area contributed by atoms with Crippen LogP contribution < -0.4 is 0 Å². The molecule has 1 aromatic heterocycles. The molecule has 74 valence electrons. The van der Waals surface area contributed by atoms with Gasteiger partial charge in [-0.3, -0.25) is 0 Å². The van der Waals surface area contributed by atoms with Crippen LogP contribution in [-0.4, -0.2) is 4.98 Å². The molecule has 3 aromatic rings. The monoisotopic (exact) mass is 223 g/mol. The van der Waals surface area contributed by atoms with Gasteiger partial charge >= 0.3 is 0 Å². The van der Waals surface area contributed by atoms with Crippen molar-refractivity contribution in [2.24, 2.45) is 0 Å². The molecule has 0 saturated carbocycles. The summed E-state index contributed by atoms with van der Waals surface area (Å²) in [7, 11) is 0. The van der Waals surface area contributed by atoms with Crippen molar-refractivity contribution >= 4 is 31.8 Å². The largest absolute Gasteiger partial charge is 0.258 e. The lowest BCUT2D eigenvalue weighted by Crippen LogP contribution is -1.83. The number of aromatic nitrogens is 1. The molecule has 0 spiro atoms. The summed E-state index contributed by atoms with van der Waals surface area (Å²) in [4.78, 5) is 4.54. The maximum Gasteiger partial charge on any atom is 0.258 e. The van der Waals surface area contributed by atoms with Crippen LogP contribution in [0, 0.1) is 11.3 Å². The molecular formula is C13H7N2S+. The molecule has 0 aliphatic carbocycles. The number of fused-ring (bicyclic) bond motifs is 2. The third-order valence-electron chi connectivity index (χ3n) is 2.44. The van der Waals surface area contributed by atoms with Crippen molar-refractivity contribution in [1.29, 1.82) is 5.26 Å². The molecule has 0 amide bonds. The fourth-order valence-electron chi connectivity index (χ4n) is 1.68. The van der Waals surface area contributed by atoms with E-state index in [-0.39, 0.29) is 0 Å². The zero-order valence-electron chi connectivity index (χ0n) is 8.34. The highest BCUT2D eigenvalue weighted by molar-refractivity contribution is 7.24. The van der Waals surface area contributed by atoms with Crippen molar-refractivity contribution in [2.45, 2.75) is 0 Å². The van der Waals surface area contributed by atoms with Gasteiger partial charge in [-0.25, -0.2) is 4.98 Å². The second-order valence-electron chi connectivity index (χ2n) is 3.45. The van der Waals surface area contributed by atoms with Gasteiger partial charge in [0.05, 0.1) is 5.56 Å². The minimum Gasteiger partial charge on any atom is -0.236 e. The first-order valence-corrected chi connectivity index (χ1v) is 5.72. The van der Waals surface area contributed by atoms with Gasteiger partial charge in [0.25, 0.3) is 9.40 Å². The van der Waals surface area contributed by atoms with Gasteiger partial charge in [-0.15, -0.1) is 0 Å². The quantitative estimate of drug-likeness (QED) is 0.431. The average molecular weight is 223 g/mol. The molecule has 0 saturated heterocycles. The van der Waals surface area contributed by atoms with Crippen LogP contribution in [0.25, 0.3) is 20.4 Å². The van der Waals surface area contributed by atoms with Gasteiger partial charge in [0.2, 0.25) is 11.3 Å². The van der Waals surface area contributed by atoms with Gasteiger partial charge in [0.1, 0.15) is 17.1 Å². The second-order valence-corrected chi connectivity index (χ2v) is 4.53. The van der Waals surface area contributed by atoms with E-state index in [1.807, 2.05) is 36.4 Å². The van der Waals surface area contributed by atoms with Gasteiger partial charge in [-0.1, -0.05) is 18.2 Å². The zero-order chi connectivity index (χ0) is 11.0. The third-order valence-corrected chi connectivity index (χ3v) is 3.55. The molecule has 0 radical (unpaired) electrons. The number of rotatable bonds is 0. The predicted molar refractivity (Wildman–Crippen MR) is 66.2 cm³/mol. The molecule has 0 aliphatic rings. The fraction of sp³-hybridized carbons (Fsp3) is 0. The Morgan fingerprint density at radius 3 is 2.69 bits per heavy atom. The van der Waals surface area contributed by atoms with Crippen molar-refractivity contribution in [3.8, 4) is 6.07 Å². The zero-order valence-corrected chi connectivity index (χ0v) is 9.16. The molecule has 3 heteroatoms. The van der Waals surface area contributed by atoms with Gasteiger partial charge < -0.3 is 0 Å². The average Bonchev–Trinajstić information content (AvgIpc) is 2.35. The molecule has 2 nitrogen and oxygen atoms in total. The van der Waals surface area contributed by atoms with Crippen LogP contribution in [0.1, 0.15) is 5.56 Å². The Morgan fingerprint density at radius 2 is 1.81 bits per heavy atom. The fourth-order valence-corrected chi connectivity index (χ4v) is 2.69. The molecule has 3 rings (SSSR count). The molecule has 1 heterocycles. The van der Waals surface area contributed by atoms with Crippen LogP contribution in [0.15, 0.2) is 42.5 Å². The standard InChI is InChI=1S/C13H7N2S/c14-8-9-4-3-7-12-13(9)15-10-5-1-2-6-11(10)16-12/h1-7H/q+1. The Labute approximate surface area is 96.4 Å². The van der Waals surface area contributed by atoms with E-state index in [0.717, 1.165) is 20.4 Å². The second kappa shape index (κ2) is 3.51. The third kappa shape index (κ3) is 1.32. The lowest BCUT2D eigenvalue weighted by atomic mass is 10.2. The summed E-state index contributed by atoms with van der Waals surface area (Å²) in [6, 6.07) is 15.9. The van der Waals surface area contributed by atoms with Gasteiger partial charge in [-0.2, -0.15) is 5.26 Å². The molecule has 0 N–H and O–H groups in total. The Balaban J connectivity index is 2.52. The van der Waals surface area contributed by atoms with E-state index in [1.165, 1.54) is 0 Å². The van der Waals surface area contributed by atoms with E-state index in [0.29, 0.717) is 5.56 Å². The van der Waals surface area contributed by atoms with Crippen molar-refractivity contribution in [3.63, 3.8) is 0 Å². The summed E-state index contributed by atoms with van der Waals surface area (Å²) in [5, 5.41) is 9.02. The SMILES string of the molecule is N#Cc1cccc2[s+]c3ccccc3nc12. The predicted octanol–water partition coefficient (Wildman–Crippen LogP) is 3.60. The first kappa shape index (κ1) is 9.20. The van der Waals surface area contributed by atoms with E-state index in [2.05, 4.69) is 11.1 Å². The molecular weight excluding hydrogens is 216 g/mol. The van der Waals surface area contributed by atoms with E-state index >= 15 is 0 Å². The van der Waals surface area contributed by atoms with Crippen LogP contribution in [-0.2, 0) is 0 Å². The minimum atomic E-state index is 0.638. The number of nitrogens with zero attached hydrogens (tertiary/aromatic N) is 2. The summed E-state index contributed by atoms with van der Waals surface area (Å²) < 4.78 is 2.20. The van der Waals surface area contributed by atoms with Crippen molar-refractivity contribution in [2.75, 3.05) is 0 Å². The summed E-state index contributed by atoms with van der Waals surface area (Å²) in [5.41, 5.74) is 2.39. The normalized spacial score (nSPS) is 10.4. The van der Waals surface area contributed by atoms with Gasteiger partial charge in [0.15, 0.2) is 0 Å². The van der Waals surface area contributed by atoms with Crippen LogP contribution in [0.5, 0.6) is 0 Å². The lowest BCUT2D eigenvalue weighted by Gasteiger charge is -1.93. The Hall–Kier alpha value is -2.05. The van der Waals surface area contributed by atoms with Gasteiger partial charge in [0, 0.05) is 12.1 Å². The Bertz CT molecular complexity index is 729. The number of nitriles is 1. The molecule has 0 bridgehead atoms. The van der Waals surface area contributed by atoms with Crippen LogP contribution in [0.4, 0.5) is 0 Å². The minimum absolute atomic E-state index is 0.638. The van der Waals surface area contributed by atoms with E-state index in [9.17, 15) is 0 Å². The summed E-state index contributed by atoms with van der Waals surface area (Å²) in [5.74, 6) is 0.